The van der Waals surface area contributed by atoms with E-state index < -0.39 is 35.3 Å². The lowest BCUT2D eigenvalue weighted by atomic mass is 9.75. The van der Waals surface area contributed by atoms with Crippen LogP contribution in [0.4, 0.5) is 0 Å². The van der Waals surface area contributed by atoms with E-state index in [1.807, 2.05) is 6.92 Å². The van der Waals surface area contributed by atoms with Gasteiger partial charge in [0.05, 0.1) is 0 Å². The molecule has 7 N–H and O–H groups in total. The molecule has 0 rings (SSSR count). The van der Waals surface area contributed by atoms with Gasteiger partial charge in [-0.05, 0) is 19.8 Å². The lowest BCUT2D eigenvalue weighted by Gasteiger charge is -2.41. The fourth-order valence-electron chi connectivity index (χ4n) is 2.09. The Morgan fingerprint density at radius 3 is 2.05 bits per heavy atom. The normalized spacial score (nSPS) is 20.1. The molecule has 0 radical (unpaired) electrons. The Hall–Kier alpha value is -1.22. The summed E-state index contributed by atoms with van der Waals surface area (Å²) in [5, 5.41) is 48.8. The Balaban J connectivity index is 5.22. The Labute approximate surface area is 123 Å². The predicted molar refractivity (Wildman–Crippen MR) is 73.2 cm³/mol. The molecule has 0 bridgehead atoms. The van der Waals surface area contributed by atoms with Crippen molar-refractivity contribution in [3.05, 3.63) is 0 Å². The molecule has 21 heavy (non-hydrogen) atoms. The van der Waals surface area contributed by atoms with E-state index in [1.165, 1.54) is 0 Å². The highest BCUT2D eigenvalue weighted by Gasteiger charge is 2.57. The maximum Gasteiger partial charge on any atom is 0.338 e. The van der Waals surface area contributed by atoms with Crippen molar-refractivity contribution in [3.63, 3.8) is 0 Å². The molecule has 1 amide bonds. The summed E-state index contributed by atoms with van der Waals surface area (Å²) >= 11 is 0. The maximum atomic E-state index is 11.3. The van der Waals surface area contributed by atoms with E-state index in [2.05, 4.69) is 0 Å². The lowest BCUT2D eigenvalue weighted by Crippen LogP contribution is -2.67. The molecular weight excluding hydrogens is 282 g/mol. The zero-order valence-electron chi connectivity index (χ0n) is 12.3. The molecule has 0 aromatic carbocycles. The number of carboxylic acid groups (broad SMARTS) is 1. The van der Waals surface area contributed by atoms with Crippen molar-refractivity contribution < 1.29 is 35.1 Å². The van der Waals surface area contributed by atoms with Crippen molar-refractivity contribution in [3.8, 4) is 0 Å². The molecule has 8 heteroatoms. The monoisotopic (exact) mass is 307 g/mol. The molecule has 0 aliphatic carbocycles. The predicted octanol–water partition coefficient (Wildman–Crippen LogP) is -1.27. The highest BCUT2D eigenvalue weighted by atomic mass is 16.4. The number of unbranched alkanes of at least 4 members (excludes halogenated alkanes) is 3. The molecule has 0 saturated heterocycles. The number of aliphatic hydroxyl groups excluding tert-OH is 2. The van der Waals surface area contributed by atoms with Crippen LogP contribution in [0.2, 0.25) is 0 Å². The third-order valence-electron chi connectivity index (χ3n) is 3.75. The molecule has 0 fully saturated rings. The van der Waals surface area contributed by atoms with E-state index in [-0.39, 0.29) is 6.42 Å². The van der Waals surface area contributed by atoms with Crippen LogP contribution in [0.1, 0.15) is 46.0 Å². The first-order chi connectivity index (χ1) is 9.52. The van der Waals surface area contributed by atoms with Crippen molar-refractivity contribution in [2.75, 3.05) is 0 Å². The van der Waals surface area contributed by atoms with Crippen LogP contribution in [-0.4, -0.2) is 60.8 Å². The standard InChI is InChI=1S/C13H25NO7/c1-3-4-5-6-7-13(21,11(18)19)12(2,20)9(16)8(15)10(14)17/h8-9,15-16,20-21H,3-7H2,1-2H3,(H2,14,17)(H,18,19)/t8-,9-,12-,13-/m0/s1. The number of amides is 1. The van der Waals surface area contributed by atoms with Gasteiger partial charge in [0, 0.05) is 0 Å². The first-order valence-corrected chi connectivity index (χ1v) is 6.86. The minimum atomic E-state index is -2.71. The summed E-state index contributed by atoms with van der Waals surface area (Å²) in [5.41, 5.74) is -0.561. The highest BCUT2D eigenvalue weighted by Crippen LogP contribution is 2.32. The topological polar surface area (TPSA) is 161 Å². The van der Waals surface area contributed by atoms with Crippen molar-refractivity contribution in [1.29, 1.82) is 0 Å². The second kappa shape index (κ2) is 7.69. The molecule has 0 aromatic rings. The van der Waals surface area contributed by atoms with Gasteiger partial charge in [0.25, 0.3) is 0 Å². The molecule has 8 nitrogen and oxygen atoms in total. The quantitative estimate of drug-likeness (QED) is 0.274. The molecule has 0 heterocycles. The van der Waals surface area contributed by atoms with Crippen LogP contribution < -0.4 is 5.73 Å². The molecule has 124 valence electrons. The summed E-state index contributed by atoms with van der Waals surface area (Å²) in [7, 11) is 0. The Morgan fingerprint density at radius 2 is 1.67 bits per heavy atom. The molecule has 0 saturated carbocycles. The summed E-state index contributed by atoms with van der Waals surface area (Å²) in [6, 6.07) is 0. The average Bonchev–Trinajstić information content (AvgIpc) is 2.40. The van der Waals surface area contributed by atoms with Gasteiger partial charge < -0.3 is 31.3 Å². The van der Waals surface area contributed by atoms with Gasteiger partial charge in [-0.1, -0.05) is 26.2 Å². The fraction of sp³-hybridized carbons (Fsp3) is 0.846. The van der Waals surface area contributed by atoms with E-state index >= 15 is 0 Å². The minimum Gasteiger partial charge on any atom is -0.479 e. The fourth-order valence-corrected chi connectivity index (χ4v) is 2.09. The number of carbonyl (C=O) groups is 2. The Morgan fingerprint density at radius 1 is 1.14 bits per heavy atom. The molecule has 0 aliphatic rings. The van der Waals surface area contributed by atoms with Gasteiger partial charge >= 0.3 is 5.97 Å². The first kappa shape index (κ1) is 19.8. The molecule has 0 unspecified atom stereocenters. The van der Waals surface area contributed by atoms with Crippen molar-refractivity contribution in [2.45, 2.75) is 69.4 Å². The van der Waals surface area contributed by atoms with Crippen LogP contribution >= 0.6 is 0 Å². The van der Waals surface area contributed by atoms with Crippen LogP contribution in [0.5, 0.6) is 0 Å². The van der Waals surface area contributed by atoms with Crippen LogP contribution in [-0.2, 0) is 9.59 Å². The van der Waals surface area contributed by atoms with Gasteiger partial charge in [-0.15, -0.1) is 0 Å². The second-order valence-electron chi connectivity index (χ2n) is 5.42. The van der Waals surface area contributed by atoms with Crippen LogP contribution in [0.15, 0.2) is 0 Å². The Bertz CT molecular complexity index is 372. The number of hydrogen-bond donors (Lipinski definition) is 6. The number of nitrogens with two attached hydrogens (primary N) is 1. The van der Waals surface area contributed by atoms with Crippen molar-refractivity contribution in [2.24, 2.45) is 5.73 Å². The Kier molecular flexibility index (Phi) is 7.25. The first-order valence-electron chi connectivity index (χ1n) is 6.86. The van der Waals surface area contributed by atoms with Gasteiger partial charge in [0.2, 0.25) is 5.91 Å². The number of aliphatic carboxylic acids is 1. The summed E-state index contributed by atoms with van der Waals surface area (Å²) in [6.45, 7) is 2.80. The summed E-state index contributed by atoms with van der Waals surface area (Å²) < 4.78 is 0. The van der Waals surface area contributed by atoms with E-state index in [9.17, 15) is 35.1 Å². The number of carbonyl (C=O) groups excluding carboxylic acids is 1. The summed E-state index contributed by atoms with van der Waals surface area (Å²) in [4.78, 5) is 22.2. The van der Waals surface area contributed by atoms with E-state index in [0.717, 1.165) is 19.8 Å². The summed E-state index contributed by atoms with van der Waals surface area (Å²) in [5.74, 6) is -3.08. The number of hydrogen-bond acceptors (Lipinski definition) is 6. The van der Waals surface area contributed by atoms with Gasteiger partial charge in [0.15, 0.2) is 11.7 Å². The van der Waals surface area contributed by atoms with E-state index in [0.29, 0.717) is 12.8 Å². The van der Waals surface area contributed by atoms with E-state index in [1.54, 1.807) is 0 Å². The molecular formula is C13H25NO7. The van der Waals surface area contributed by atoms with Crippen molar-refractivity contribution >= 4 is 11.9 Å². The van der Waals surface area contributed by atoms with Gasteiger partial charge in [-0.3, -0.25) is 4.79 Å². The zero-order chi connectivity index (χ0) is 16.8. The zero-order valence-corrected chi connectivity index (χ0v) is 12.3. The van der Waals surface area contributed by atoms with Crippen molar-refractivity contribution in [1.82, 2.24) is 0 Å². The van der Waals surface area contributed by atoms with Gasteiger partial charge in [0.1, 0.15) is 11.7 Å². The molecule has 4 atom stereocenters. The maximum absolute atomic E-state index is 11.3. The second-order valence-corrected chi connectivity index (χ2v) is 5.42. The van der Waals surface area contributed by atoms with E-state index in [4.69, 9.17) is 5.73 Å². The third kappa shape index (κ3) is 4.37. The number of aliphatic hydroxyl groups is 4. The molecule has 0 spiro atoms. The van der Waals surface area contributed by atoms with Crippen LogP contribution in [0, 0.1) is 0 Å². The van der Waals surface area contributed by atoms with Crippen LogP contribution in [0.25, 0.3) is 0 Å². The number of rotatable bonds is 10. The smallest absolute Gasteiger partial charge is 0.338 e. The molecule has 0 aromatic heterocycles. The summed E-state index contributed by atoms with van der Waals surface area (Å²) in [6.07, 6.45) is -2.11. The number of primary amides is 1. The van der Waals surface area contributed by atoms with Gasteiger partial charge in [-0.2, -0.15) is 0 Å². The largest absolute Gasteiger partial charge is 0.479 e. The average molecular weight is 307 g/mol. The highest BCUT2D eigenvalue weighted by molar-refractivity contribution is 5.81. The molecule has 0 aliphatic heterocycles. The third-order valence-corrected chi connectivity index (χ3v) is 3.75. The van der Waals surface area contributed by atoms with Crippen LogP contribution in [0.3, 0.4) is 0 Å². The number of carboxylic acids is 1. The SMILES string of the molecule is CCCCCC[C@](O)(C(=O)O)[C@@](C)(O)[C@@H](O)[C@H](O)C(N)=O. The minimum absolute atomic E-state index is 0.298. The van der Waals surface area contributed by atoms with Gasteiger partial charge in [-0.25, -0.2) is 4.79 Å². The lowest BCUT2D eigenvalue weighted by molar-refractivity contribution is -0.226.